The summed E-state index contributed by atoms with van der Waals surface area (Å²) < 4.78 is 11.4. The summed E-state index contributed by atoms with van der Waals surface area (Å²) in [5.41, 5.74) is 5.29. The van der Waals surface area contributed by atoms with Crippen LogP contribution in [0.1, 0.15) is 12.8 Å². The maximum Gasteiger partial charge on any atom is 0.242 e. The number of halogens is 1. The molecule has 1 heterocycles. The summed E-state index contributed by atoms with van der Waals surface area (Å²) in [7, 11) is 1.76. The normalized spacial score (nSPS) is 21.6. The van der Waals surface area contributed by atoms with Gasteiger partial charge in [-0.3, -0.25) is 4.79 Å². The van der Waals surface area contributed by atoms with Crippen molar-refractivity contribution < 1.29 is 14.3 Å². The van der Waals surface area contributed by atoms with Crippen molar-refractivity contribution in [3.05, 3.63) is 24.3 Å². The fourth-order valence-corrected chi connectivity index (χ4v) is 2.27. The predicted molar refractivity (Wildman–Crippen MR) is 77.4 cm³/mol. The molecule has 20 heavy (non-hydrogen) atoms. The largest absolute Gasteiger partial charge is 0.486 e. The van der Waals surface area contributed by atoms with E-state index in [4.69, 9.17) is 15.2 Å². The van der Waals surface area contributed by atoms with Crippen LogP contribution in [-0.4, -0.2) is 42.6 Å². The highest BCUT2D eigenvalue weighted by atomic mass is 35.5. The number of nitrogens with zero attached hydrogens (tertiary/aromatic N) is 1. The van der Waals surface area contributed by atoms with Gasteiger partial charge in [-0.2, -0.15) is 0 Å². The summed E-state index contributed by atoms with van der Waals surface area (Å²) in [5, 5.41) is 0. The molecule has 1 aliphatic heterocycles. The number of nitrogens with two attached hydrogens (primary N) is 1. The van der Waals surface area contributed by atoms with Gasteiger partial charge in [0.1, 0.15) is 6.61 Å². The number of amides is 1. The Bertz CT molecular complexity index is 505. The van der Waals surface area contributed by atoms with Crippen molar-refractivity contribution in [3.8, 4) is 11.5 Å². The topological polar surface area (TPSA) is 64.8 Å². The van der Waals surface area contributed by atoms with E-state index in [1.165, 1.54) is 0 Å². The number of hydrogen-bond donors (Lipinski definition) is 1. The van der Waals surface area contributed by atoms with Gasteiger partial charge in [0.2, 0.25) is 5.91 Å². The van der Waals surface area contributed by atoms with Gasteiger partial charge in [0.05, 0.1) is 12.1 Å². The van der Waals surface area contributed by atoms with Crippen molar-refractivity contribution in [3.63, 3.8) is 0 Å². The Hall–Kier alpha value is -1.46. The van der Waals surface area contributed by atoms with Crippen LogP contribution in [0.4, 0.5) is 0 Å². The second-order valence-corrected chi connectivity index (χ2v) is 5.34. The summed E-state index contributed by atoms with van der Waals surface area (Å²) in [6, 6.07) is 7.55. The van der Waals surface area contributed by atoms with Gasteiger partial charge in [0.15, 0.2) is 17.6 Å². The first kappa shape index (κ1) is 14.9. The highest BCUT2D eigenvalue weighted by Crippen LogP contribution is 2.34. The van der Waals surface area contributed by atoms with E-state index in [1.807, 2.05) is 24.3 Å². The van der Waals surface area contributed by atoms with Crippen LogP contribution < -0.4 is 15.2 Å². The third-order valence-electron chi connectivity index (χ3n) is 3.61. The number of hydrogen-bond acceptors (Lipinski definition) is 4. The minimum absolute atomic E-state index is 0. The fraction of sp³-hybridized carbons (Fsp3) is 0.500. The lowest BCUT2D eigenvalue weighted by Gasteiger charge is -2.30. The van der Waals surface area contributed by atoms with E-state index in [0.717, 1.165) is 24.3 Å². The second kappa shape index (κ2) is 5.50. The molecule has 0 radical (unpaired) electrons. The lowest BCUT2D eigenvalue weighted by molar-refractivity contribution is -0.133. The van der Waals surface area contributed by atoms with Crippen LogP contribution in [0.3, 0.4) is 0 Å². The summed E-state index contributed by atoms with van der Waals surface area (Å²) in [4.78, 5) is 13.7. The van der Waals surface area contributed by atoms with E-state index in [1.54, 1.807) is 11.9 Å². The number of carbonyl (C=O) groups excluding carboxylic acids is 1. The number of fused-ring (bicyclic) bond motifs is 1. The van der Waals surface area contributed by atoms with Gasteiger partial charge < -0.3 is 20.1 Å². The van der Waals surface area contributed by atoms with Crippen LogP contribution in [0.5, 0.6) is 11.5 Å². The van der Waals surface area contributed by atoms with Gasteiger partial charge in [-0.1, -0.05) is 12.1 Å². The molecular formula is C14H19ClN2O3. The molecule has 5 nitrogen and oxygen atoms in total. The molecule has 1 aromatic rings. The van der Waals surface area contributed by atoms with E-state index < -0.39 is 5.54 Å². The monoisotopic (exact) mass is 298 g/mol. The molecule has 1 atom stereocenters. The van der Waals surface area contributed by atoms with Gasteiger partial charge in [-0.25, -0.2) is 0 Å². The van der Waals surface area contributed by atoms with Crippen LogP contribution in [0, 0.1) is 0 Å². The van der Waals surface area contributed by atoms with Crippen LogP contribution in [0.15, 0.2) is 24.3 Å². The van der Waals surface area contributed by atoms with Crippen molar-refractivity contribution in [2.24, 2.45) is 5.73 Å². The van der Waals surface area contributed by atoms with E-state index in [-0.39, 0.29) is 24.4 Å². The Morgan fingerprint density at radius 3 is 2.70 bits per heavy atom. The molecular weight excluding hydrogens is 280 g/mol. The Labute approximate surface area is 124 Å². The molecule has 3 rings (SSSR count). The third kappa shape index (κ3) is 2.83. The number of para-hydroxylation sites is 2. The fourth-order valence-electron chi connectivity index (χ4n) is 2.27. The maximum atomic E-state index is 12.1. The minimum Gasteiger partial charge on any atom is -0.486 e. The van der Waals surface area contributed by atoms with Crippen molar-refractivity contribution in [2.75, 3.05) is 20.2 Å². The number of carbonyl (C=O) groups is 1. The van der Waals surface area contributed by atoms with Gasteiger partial charge in [-0.05, 0) is 25.0 Å². The average molecular weight is 299 g/mol. The van der Waals surface area contributed by atoms with Crippen molar-refractivity contribution in [1.82, 2.24) is 4.90 Å². The molecule has 0 bridgehead atoms. The first-order chi connectivity index (χ1) is 9.08. The van der Waals surface area contributed by atoms with Gasteiger partial charge in [-0.15, -0.1) is 12.4 Å². The quantitative estimate of drug-likeness (QED) is 0.910. The lowest BCUT2D eigenvalue weighted by Crippen LogP contribution is -2.48. The first-order valence-corrected chi connectivity index (χ1v) is 6.51. The van der Waals surface area contributed by atoms with E-state index in [0.29, 0.717) is 13.2 Å². The van der Waals surface area contributed by atoms with E-state index in [2.05, 4.69) is 0 Å². The third-order valence-corrected chi connectivity index (χ3v) is 3.61. The summed E-state index contributed by atoms with van der Waals surface area (Å²) in [5.74, 6) is 1.48. The number of ether oxygens (including phenoxy) is 2. The highest BCUT2D eigenvalue weighted by Gasteiger charge is 2.47. The molecule has 1 fully saturated rings. The highest BCUT2D eigenvalue weighted by molar-refractivity contribution is 5.88. The Balaban J connectivity index is 0.00000147. The zero-order valence-corrected chi connectivity index (χ0v) is 12.2. The Kier molecular flexibility index (Phi) is 4.11. The summed E-state index contributed by atoms with van der Waals surface area (Å²) >= 11 is 0. The molecule has 1 aliphatic carbocycles. The zero-order valence-electron chi connectivity index (χ0n) is 11.4. The molecule has 1 amide bonds. The lowest BCUT2D eigenvalue weighted by atomic mass is 10.2. The molecule has 2 N–H and O–H groups in total. The van der Waals surface area contributed by atoms with Crippen LogP contribution in [-0.2, 0) is 4.79 Å². The SMILES string of the molecule is CN(CC1COc2ccccc2O1)C(=O)C1(N)CC1.Cl. The molecule has 1 unspecified atom stereocenters. The molecule has 1 aromatic carbocycles. The Morgan fingerprint density at radius 2 is 2.05 bits per heavy atom. The summed E-state index contributed by atoms with van der Waals surface area (Å²) in [6.45, 7) is 0.943. The molecule has 110 valence electrons. The molecule has 0 aromatic heterocycles. The van der Waals surface area contributed by atoms with Crippen molar-refractivity contribution in [1.29, 1.82) is 0 Å². The van der Waals surface area contributed by atoms with Crippen LogP contribution in [0.2, 0.25) is 0 Å². The van der Waals surface area contributed by atoms with Crippen molar-refractivity contribution >= 4 is 18.3 Å². The van der Waals surface area contributed by atoms with Crippen LogP contribution >= 0.6 is 12.4 Å². The number of rotatable bonds is 3. The van der Waals surface area contributed by atoms with E-state index in [9.17, 15) is 4.79 Å². The molecule has 0 saturated heterocycles. The smallest absolute Gasteiger partial charge is 0.242 e. The molecule has 1 saturated carbocycles. The number of likely N-dealkylation sites (N-methyl/N-ethyl adjacent to an activating group) is 1. The second-order valence-electron chi connectivity index (χ2n) is 5.34. The van der Waals surface area contributed by atoms with Crippen molar-refractivity contribution in [2.45, 2.75) is 24.5 Å². The zero-order chi connectivity index (χ0) is 13.5. The standard InChI is InChI=1S/C14H18N2O3.ClH/c1-16(13(17)14(15)6-7-14)8-10-9-18-11-4-2-3-5-12(11)19-10;/h2-5,10H,6-9,15H2,1H3;1H. The van der Waals surface area contributed by atoms with Gasteiger partial charge in [0.25, 0.3) is 0 Å². The molecule has 2 aliphatic rings. The van der Waals surface area contributed by atoms with Gasteiger partial charge in [0, 0.05) is 7.05 Å². The van der Waals surface area contributed by atoms with Gasteiger partial charge >= 0.3 is 0 Å². The maximum absolute atomic E-state index is 12.1. The molecule has 0 spiro atoms. The number of benzene rings is 1. The minimum atomic E-state index is -0.623. The predicted octanol–water partition coefficient (Wildman–Crippen LogP) is 1.20. The van der Waals surface area contributed by atoms with Crippen LogP contribution in [0.25, 0.3) is 0 Å². The molecule has 6 heteroatoms. The first-order valence-electron chi connectivity index (χ1n) is 6.51. The average Bonchev–Trinajstić information content (AvgIpc) is 3.17. The Morgan fingerprint density at radius 1 is 1.40 bits per heavy atom. The van der Waals surface area contributed by atoms with E-state index >= 15 is 0 Å². The summed E-state index contributed by atoms with van der Waals surface area (Å²) in [6.07, 6.45) is 1.41.